The number of methoxy groups -OCH3 is 1. The summed E-state index contributed by atoms with van der Waals surface area (Å²) in [6.07, 6.45) is 1.11. The van der Waals surface area contributed by atoms with Crippen molar-refractivity contribution in [2.75, 3.05) is 13.7 Å². The summed E-state index contributed by atoms with van der Waals surface area (Å²) in [7, 11) is 3.61. The molecule has 1 atom stereocenters. The van der Waals surface area contributed by atoms with E-state index in [9.17, 15) is 0 Å². The third-order valence-electron chi connectivity index (χ3n) is 4.10. The fourth-order valence-corrected chi connectivity index (χ4v) is 3.01. The molecule has 1 unspecified atom stereocenters. The first-order chi connectivity index (χ1) is 7.39. The van der Waals surface area contributed by atoms with Gasteiger partial charge < -0.3 is 10.5 Å². The number of ether oxygens (including phenoxy) is 1. The third kappa shape index (κ3) is 1.22. The predicted molar refractivity (Wildman–Crippen MR) is 63.6 cm³/mol. The summed E-state index contributed by atoms with van der Waals surface area (Å²) < 4.78 is 7.27. The van der Waals surface area contributed by atoms with Gasteiger partial charge in [-0.1, -0.05) is 13.8 Å². The van der Waals surface area contributed by atoms with Crippen LogP contribution in [0.1, 0.15) is 31.5 Å². The number of rotatable bonds is 3. The molecule has 90 valence electrons. The lowest BCUT2D eigenvalue weighted by atomic mass is 9.88. The zero-order chi connectivity index (χ0) is 12.1. The van der Waals surface area contributed by atoms with Crippen LogP contribution in [0.2, 0.25) is 0 Å². The van der Waals surface area contributed by atoms with Gasteiger partial charge in [0.15, 0.2) is 0 Å². The number of nitrogens with two attached hydrogens (primary N) is 1. The van der Waals surface area contributed by atoms with Crippen molar-refractivity contribution in [1.29, 1.82) is 0 Å². The summed E-state index contributed by atoms with van der Waals surface area (Å²) in [6, 6.07) is 0. The highest BCUT2D eigenvalue weighted by Crippen LogP contribution is 2.65. The molecule has 0 saturated heterocycles. The molecule has 0 amide bonds. The highest BCUT2D eigenvalue weighted by molar-refractivity contribution is 5.46. The first-order valence-corrected chi connectivity index (χ1v) is 5.68. The third-order valence-corrected chi connectivity index (χ3v) is 4.10. The molecule has 1 heterocycles. The van der Waals surface area contributed by atoms with Gasteiger partial charge in [-0.15, -0.1) is 0 Å². The van der Waals surface area contributed by atoms with Crippen molar-refractivity contribution in [3.05, 3.63) is 11.3 Å². The Balaban J connectivity index is 2.56. The maximum atomic E-state index is 5.99. The van der Waals surface area contributed by atoms with E-state index in [0.717, 1.165) is 18.0 Å². The minimum Gasteiger partial charge on any atom is -0.481 e. The standard InChI is InChI=1S/C12H21N3O/c1-8-9(10(16-5)15(4)14-8)12(7-13)6-11(12,2)3/h6-7,13H2,1-5H3. The van der Waals surface area contributed by atoms with Gasteiger partial charge in [0.25, 0.3) is 0 Å². The van der Waals surface area contributed by atoms with E-state index >= 15 is 0 Å². The predicted octanol–water partition coefficient (Wildman–Crippen LogP) is 1.36. The van der Waals surface area contributed by atoms with E-state index in [1.807, 2.05) is 14.0 Å². The van der Waals surface area contributed by atoms with Gasteiger partial charge in [0.1, 0.15) is 0 Å². The van der Waals surface area contributed by atoms with Crippen molar-refractivity contribution in [3.63, 3.8) is 0 Å². The van der Waals surface area contributed by atoms with Crippen molar-refractivity contribution in [2.45, 2.75) is 32.6 Å². The van der Waals surface area contributed by atoms with Crippen LogP contribution in [0.15, 0.2) is 0 Å². The van der Waals surface area contributed by atoms with E-state index in [1.165, 1.54) is 5.56 Å². The van der Waals surface area contributed by atoms with E-state index < -0.39 is 0 Å². The Morgan fingerprint density at radius 2 is 2.06 bits per heavy atom. The van der Waals surface area contributed by atoms with Crippen LogP contribution < -0.4 is 10.5 Å². The van der Waals surface area contributed by atoms with E-state index in [2.05, 4.69) is 18.9 Å². The molecule has 0 bridgehead atoms. The van der Waals surface area contributed by atoms with Crippen molar-refractivity contribution in [2.24, 2.45) is 18.2 Å². The van der Waals surface area contributed by atoms with Crippen molar-refractivity contribution in [1.82, 2.24) is 9.78 Å². The lowest BCUT2D eigenvalue weighted by Gasteiger charge is -2.19. The zero-order valence-electron chi connectivity index (χ0n) is 10.8. The molecule has 1 aromatic rings. The second-order valence-electron chi connectivity index (χ2n) is 5.44. The lowest BCUT2D eigenvalue weighted by molar-refractivity contribution is 0.360. The molecule has 2 rings (SSSR count). The van der Waals surface area contributed by atoms with E-state index in [-0.39, 0.29) is 10.8 Å². The van der Waals surface area contributed by atoms with E-state index in [4.69, 9.17) is 10.5 Å². The van der Waals surface area contributed by atoms with Crippen LogP contribution in [0.25, 0.3) is 0 Å². The Hall–Kier alpha value is -1.03. The van der Waals surface area contributed by atoms with Gasteiger partial charge >= 0.3 is 0 Å². The van der Waals surface area contributed by atoms with Gasteiger partial charge in [-0.2, -0.15) is 5.10 Å². The molecule has 0 radical (unpaired) electrons. The van der Waals surface area contributed by atoms with Crippen LogP contribution in [0.3, 0.4) is 0 Å². The van der Waals surface area contributed by atoms with Crippen LogP contribution in [-0.2, 0) is 12.5 Å². The molecule has 1 aliphatic rings. The summed E-state index contributed by atoms with van der Waals surface area (Å²) in [5, 5.41) is 4.44. The quantitative estimate of drug-likeness (QED) is 0.842. The number of hydrogen-bond acceptors (Lipinski definition) is 3. The summed E-state index contributed by atoms with van der Waals surface area (Å²) in [5.41, 5.74) is 8.53. The SMILES string of the molecule is COc1c(C2(CN)CC2(C)C)c(C)nn1C. The van der Waals surface area contributed by atoms with Gasteiger partial charge in [-0.25, -0.2) is 4.68 Å². The fourth-order valence-electron chi connectivity index (χ4n) is 3.01. The Morgan fingerprint density at radius 1 is 1.50 bits per heavy atom. The molecule has 0 aliphatic heterocycles. The molecule has 1 aromatic heterocycles. The van der Waals surface area contributed by atoms with Crippen molar-refractivity contribution in [3.8, 4) is 5.88 Å². The fraction of sp³-hybridized carbons (Fsp3) is 0.750. The number of nitrogens with zero attached hydrogens (tertiary/aromatic N) is 2. The molecule has 4 heteroatoms. The number of hydrogen-bond donors (Lipinski definition) is 1. The lowest BCUT2D eigenvalue weighted by Crippen LogP contribution is -2.26. The maximum absolute atomic E-state index is 5.99. The van der Waals surface area contributed by atoms with Crippen LogP contribution in [0.4, 0.5) is 0 Å². The van der Waals surface area contributed by atoms with E-state index in [1.54, 1.807) is 11.8 Å². The first-order valence-electron chi connectivity index (χ1n) is 5.68. The Labute approximate surface area is 96.8 Å². The average molecular weight is 223 g/mol. The summed E-state index contributed by atoms with van der Waals surface area (Å²) in [4.78, 5) is 0. The summed E-state index contributed by atoms with van der Waals surface area (Å²) in [6.45, 7) is 7.20. The zero-order valence-corrected chi connectivity index (χ0v) is 10.8. The smallest absolute Gasteiger partial charge is 0.215 e. The molecule has 0 aromatic carbocycles. The minimum atomic E-state index is 0.0523. The van der Waals surface area contributed by atoms with Gasteiger partial charge in [0, 0.05) is 24.6 Å². The van der Waals surface area contributed by atoms with Crippen molar-refractivity contribution < 1.29 is 4.74 Å². The van der Waals surface area contributed by atoms with Gasteiger partial charge in [-0.05, 0) is 18.8 Å². The van der Waals surface area contributed by atoms with Gasteiger partial charge in [0.05, 0.1) is 12.8 Å². The highest BCUT2D eigenvalue weighted by Gasteiger charge is 2.63. The molecule has 16 heavy (non-hydrogen) atoms. The molecule has 1 aliphatic carbocycles. The Morgan fingerprint density at radius 3 is 2.44 bits per heavy atom. The number of aromatic nitrogens is 2. The molecule has 1 fully saturated rings. The maximum Gasteiger partial charge on any atom is 0.215 e. The average Bonchev–Trinajstić information content (AvgIpc) is 2.63. The topological polar surface area (TPSA) is 53.1 Å². The Bertz CT molecular complexity index is 422. The first kappa shape index (κ1) is 11.5. The Kier molecular flexibility index (Phi) is 2.31. The molecule has 4 nitrogen and oxygen atoms in total. The summed E-state index contributed by atoms with van der Waals surface area (Å²) >= 11 is 0. The monoisotopic (exact) mass is 223 g/mol. The number of aryl methyl sites for hydroxylation is 2. The second-order valence-corrected chi connectivity index (χ2v) is 5.44. The molecular formula is C12H21N3O. The molecule has 1 saturated carbocycles. The van der Waals surface area contributed by atoms with Gasteiger partial charge in [0.2, 0.25) is 5.88 Å². The highest BCUT2D eigenvalue weighted by atomic mass is 16.5. The molecular weight excluding hydrogens is 202 g/mol. The molecule has 0 spiro atoms. The second kappa shape index (κ2) is 3.23. The van der Waals surface area contributed by atoms with Crippen LogP contribution in [0, 0.1) is 12.3 Å². The van der Waals surface area contributed by atoms with Crippen LogP contribution >= 0.6 is 0 Å². The minimum absolute atomic E-state index is 0.0523. The van der Waals surface area contributed by atoms with Gasteiger partial charge in [-0.3, -0.25) is 0 Å². The summed E-state index contributed by atoms with van der Waals surface area (Å²) in [5.74, 6) is 0.855. The molecule has 2 N–H and O–H groups in total. The largest absolute Gasteiger partial charge is 0.481 e. The normalized spacial score (nSPS) is 26.9. The van der Waals surface area contributed by atoms with Crippen molar-refractivity contribution >= 4 is 0 Å². The van der Waals surface area contributed by atoms with Crippen LogP contribution in [-0.4, -0.2) is 23.4 Å². The van der Waals surface area contributed by atoms with E-state index in [0.29, 0.717) is 6.54 Å². The van der Waals surface area contributed by atoms with Crippen LogP contribution in [0.5, 0.6) is 5.88 Å².